The van der Waals surface area contributed by atoms with Gasteiger partial charge >= 0.3 is 0 Å². The number of fused-ring (bicyclic) bond motifs is 2. The van der Waals surface area contributed by atoms with E-state index >= 15 is 0 Å². The number of methoxy groups -OCH3 is 1. The fourth-order valence-electron chi connectivity index (χ4n) is 3.80. The maximum atomic E-state index is 12.8. The molecule has 0 radical (unpaired) electrons. The minimum atomic E-state index is -3.57. The van der Waals surface area contributed by atoms with Gasteiger partial charge in [0.15, 0.2) is 11.5 Å². The van der Waals surface area contributed by atoms with Gasteiger partial charge in [0.05, 0.1) is 18.0 Å². The second kappa shape index (κ2) is 6.93. The van der Waals surface area contributed by atoms with Gasteiger partial charge in [-0.25, -0.2) is 13.1 Å². The summed E-state index contributed by atoms with van der Waals surface area (Å²) in [6.45, 7) is 0.289. The molecule has 2 aromatic rings. The van der Waals surface area contributed by atoms with Gasteiger partial charge < -0.3 is 9.47 Å². The Morgan fingerprint density at radius 1 is 1.08 bits per heavy atom. The van der Waals surface area contributed by atoms with Gasteiger partial charge in [-0.2, -0.15) is 0 Å². The number of ether oxygens (including phenoxy) is 2. The summed E-state index contributed by atoms with van der Waals surface area (Å²) in [6, 6.07) is 10.9. The fraction of sp³-hybridized carbons (Fsp3) is 0.400. The minimum absolute atomic E-state index is 0.289. The summed E-state index contributed by atoms with van der Waals surface area (Å²) in [7, 11) is -1.97. The number of para-hydroxylation sites is 1. The third-order valence-electron chi connectivity index (χ3n) is 5.13. The maximum Gasteiger partial charge on any atom is 0.240 e. The summed E-state index contributed by atoms with van der Waals surface area (Å²) in [5.41, 5.74) is 3.39. The van der Waals surface area contributed by atoms with Gasteiger partial charge in [-0.3, -0.25) is 0 Å². The van der Waals surface area contributed by atoms with Crippen LogP contribution in [0, 0.1) is 0 Å². The number of nitrogens with one attached hydrogen (secondary N) is 1. The van der Waals surface area contributed by atoms with Crippen LogP contribution in [0.1, 0.15) is 29.5 Å². The topological polar surface area (TPSA) is 64.6 Å². The van der Waals surface area contributed by atoms with Crippen molar-refractivity contribution in [3.63, 3.8) is 0 Å². The molecule has 138 valence electrons. The zero-order valence-electron chi connectivity index (χ0n) is 14.8. The van der Waals surface area contributed by atoms with Crippen LogP contribution in [0.15, 0.2) is 41.3 Å². The first kappa shape index (κ1) is 17.4. The smallest absolute Gasteiger partial charge is 0.240 e. The van der Waals surface area contributed by atoms with E-state index in [4.69, 9.17) is 9.47 Å². The molecule has 1 heterocycles. The van der Waals surface area contributed by atoms with Crippen LogP contribution in [-0.2, 0) is 29.3 Å². The van der Waals surface area contributed by atoms with Crippen molar-refractivity contribution >= 4 is 10.0 Å². The van der Waals surface area contributed by atoms with Crippen LogP contribution in [0.25, 0.3) is 0 Å². The van der Waals surface area contributed by atoms with Crippen molar-refractivity contribution in [2.75, 3.05) is 13.7 Å². The number of rotatable bonds is 4. The lowest BCUT2D eigenvalue weighted by Crippen LogP contribution is -2.42. The Bertz CT molecular complexity index is 923. The van der Waals surface area contributed by atoms with E-state index in [2.05, 4.69) is 4.72 Å². The molecule has 0 bridgehead atoms. The Balaban J connectivity index is 1.53. The summed E-state index contributed by atoms with van der Waals surface area (Å²) in [6.07, 6.45) is 4.88. The van der Waals surface area contributed by atoms with E-state index < -0.39 is 10.0 Å². The van der Waals surface area contributed by atoms with Gasteiger partial charge in [-0.1, -0.05) is 18.2 Å². The first-order chi connectivity index (χ1) is 12.6. The molecule has 1 atom stereocenters. The monoisotopic (exact) mass is 373 g/mol. The fourth-order valence-corrected chi connectivity index (χ4v) is 5.07. The lowest BCUT2D eigenvalue weighted by Gasteiger charge is -2.27. The van der Waals surface area contributed by atoms with Crippen molar-refractivity contribution in [1.82, 2.24) is 4.72 Å². The number of benzene rings is 2. The van der Waals surface area contributed by atoms with Gasteiger partial charge in [0.25, 0.3) is 0 Å². The lowest BCUT2D eigenvalue weighted by atomic mass is 9.92. The molecule has 0 unspecified atom stereocenters. The SMILES string of the molecule is COc1cccc2c1OC[C@H](NS(=O)(=O)c1ccc3c(c1)CCCC3)C2. The molecular formula is C20H23NO4S. The number of sulfonamides is 1. The Hall–Kier alpha value is -2.05. The molecule has 6 heteroatoms. The average molecular weight is 373 g/mol. The van der Waals surface area contributed by atoms with E-state index in [1.165, 1.54) is 12.0 Å². The van der Waals surface area contributed by atoms with E-state index in [9.17, 15) is 8.42 Å². The summed E-state index contributed by atoms with van der Waals surface area (Å²) >= 11 is 0. The Kier molecular flexibility index (Phi) is 4.63. The summed E-state index contributed by atoms with van der Waals surface area (Å²) < 4.78 is 39.5. The predicted octanol–water partition coefficient (Wildman–Crippen LogP) is 2.86. The van der Waals surface area contributed by atoms with E-state index in [-0.39, 0.29) is 12.6 Å². The molecule has 0 fully saturated rings. The molecule has 0 saturated heterocycles. The van der Waals surface area contributed by atoms with Crippen molar-refractivity contribution in [1.29, 1.82) is 0 Å². The summed E-state index contributed by atoms with van der Waals surface area (Å²) in [5.74, 6) is 1.39. The van der Waals surface area contributed by atoms with Gasteiger partial charge in [-0.05, 0) is 67.0 Å². The molecule has 26 heavy (non-hydrogen) atoms. The molecule has 1 N–H and O–H groups in total. The van der Waals surface area contributed by atoms with Gasteiger partial charge in [0.1, 0.15) is 6.61 Å². The van der Waals surface area contributed by atoms with Crippen molar-refractivity contribution in [3.8, 4) is 11.5 Å². The summed E-state index contributed by atoms with van der Waals surface area (Å²) in [5, 5.41) is 0. The van der Waals surface area contributed by atoms with Crippen LogP contribution in [-0.4, -0.2) is 28.2 Å². The average Bonchev–Trinajstić information content (AvgIpc) is 2.66. The van der Waals surface area contributed by atoms with Crippen LogP contribution >= 0.6 is 0 Å². The zero-order chi connectivity index (χ0) is 18.1. The molecular weight excluding hydrogens is 350 g/mol. The van der Waals surface area contributed by atoms with Gasteiger partial charge in [0.2, 0.25) is 10.0 Å². The van der Waals surface area contributed by atoms with Crippen molar-refractivity contribution in [3.05, 3.63) is 53.1 Å². The van der Waals surface area contributed by atoms with Crippen LogP contribution in [0.4, 0.5) is 0 Å². The Labute approximate surface area is 154 Å². The zero-order valence-corrected chi connectivity index (χ0v) is 15.6. The normalized spacial score (nSPS) is 19.2. The maximum absolute atomic E-state index is 12.8. The second-order valence-corrected chi connectivity index (χ2v) is 8.63. The Morgan fingerprint density at radius 3 is 2.69 bits per heavy atom. The van der Waals surface area contributed by atoms with Crippen LogP contribution in [0.2, 0.25) is 0 Å². The largest absolute Gasteiger partial charge is 0.493 e. The number of hydrogen-bond acceptors (Lipinski definition) is 4. The third-order valence-corrected chi connectivity index (χ3v) is 6.65. The molecule has 0 aromatic heterocycles. The highest BCUT2D eigenvalue weighted by Crippen LogP contribution is 2.34. The van der Waals surface area contributed by atoms with E-state index in [1.807, 2.05) is 30.3 Å². The highest BCUT2D eigenvalue weighted by atomic mass is 32.2. The molecule has 0 saturated carbocycles. The van der Waals surface area contributed by atoms with Crippen LogP contribution < -0.4 is 14.2 Å². The molecule has 1 aliphatic carbocycles. The quantitative estimate of drug-likeness (QED) is 0.895. The number of aryl methyl sites for hydroxylation is 2. The van der Waals surface area contributed by atoms with Gasteiger partial charge in [-0.15, -0.1) is 0 Å². The van der Waals surface area contributed by atoms with Crippen LogP contribution in [0.3, 0.4) is 0 Å². The second-order valence-electron chi connectivity index (χ2n) is 6.92. The molecule has 1 aliphatic heterocycles. The first-order valence-electron chi connectivity index (χ1n) is 8.99. The van der Waals surface area contributed by atoms with E-state index in [0.29, 0.717) is 22.8 Å². The molecule has 2 aliphatic rings. The third kappa shape index (κ3) is 3.31. The molecule has 5 nitrogen and oxygen atoms in total. The molecule has 0 amide bonds. The minimum Gasteiger partial charge on any atom is -0.493 e. The van der Waals surface area contributed by atoms with Gasteiger partial charge in [0, 0.05) is 0 Å². The highest BCUT2D eigenvalue weighted by molar-refractivity contribution is 7.89. The van der Waals surface area contributed by atoms with Crippen molar-refractivity contribution in [2.45, 2.75) is 43.0 Å². The molecule has 4 rings (SSSR count). The lowest BCUT2D eigenvalue weighted by molar-refractivity contribution is 0.240. The standard InChI is InChI=1S/C20H23NO4S/c1-24-19-8-4-7-16-11-17(13-25-20(16)19)21-26(22,23)18-10-9-14-5-2-3-6-15(14)12-18/h4,7-10,12,17,21H,2-3,5-6,11,13H2,1H3/t17-/m1/s1. The van der Waals surface area contributed by atoms with E-state index in [1.54, 1.807) is 13.2 Å². The molecule has 0 spiro atoms. The number of hydrogen-bond donors (Lipinski definition) is 1. The predicted molar refractivity (Wildman–Crippen MR) is 99.4 cm³/mol. The first-order valence-corrected chi connectivity index (χ1v) is 10.5. The van der Waals surface area contributed by atoms with Crippen LogP contribution in [0.5, 0.6) is 11.5 Å². The Morgan fingerprint density at radius 2 is 1.88 bits per heavy atom. The van der Waals surface area contributed by atoms with Crippen molar-refractivity contribution in [2.24, 2.45) is 0 Å². The molecule has 2 aromatic carbocycles. The van der Waals surface area contributed by atoms with E-state index in [0.717, 1.165) is 30.4 Å². The van der Waals surface area contributed by atoms with Crippen molar-refractivity contribution < 1.29 is 17.9 Å². The summed E-state index contributed by atoms with van der Waals surface area (Å²) in [4.78, 5) is 0.342. The highest BCUT2D eigenvalue weighted by Gasteiger charge is 2.27.